The van der Waals surface area contributed by atoms with Crippen LogP contribution in [0.1, 0.15) is 25.1 Å². The highest BCUT2D eigenvalue weighted by molar-refractivity contribution is 14.2. The number of aliphatic hydroxyl groups excluding tert-OH is 1. The average Bonchev–Trinajstić information content (AvgIpc) is 2.49. The van der Waals surface area contributed by atoms with E-state index < -0.39 is 0 Å². The van der Waals surface area contributed by atoms with Crippen molar-refractivity contribution in [3.8, 4) is 0 Å². The maximum Gasteiger partial charge on any atom is 0.0911 e. The zero-order valence-electron chi connectivity index (χ0n) is 7.50. The summed E-state index contributed by atoms with van der Waals surface area (Å²) in [7, 11) is 0. The molecule has 0 saturated carbocycles. The van der Waals surface area contributed by atoms with E-state index >= 15 is 0 Å². The molecule has 1 N–H and O–H groups in total. The Hall–Kier alpha value is 0.330. The summed E-state index contributed by atoms with van der Waals surface area (Å²) in [6, 6.07) is 0. The molecule has 1 aromatic heterocycles. The van der Waals surface area contributed by atoms with Crippen LogP contribution in [-0.2, 0) is 6.61 Å². The zero-order chi connectivity index (χ0) is 9.56. The highest BCUT2D eigenvalue weighted by Crippen LogP contribution is 2.23. The number of halogens is 1. The normalized spacial score (nSPS) is 10.1. The number of aryl methyl sites for hydroxylation is 1. The maximum atomic E-state index is 8.75. The lowest BCUT2D eigenvalue weighted by Gasteiger charge is -1.88. The van der Waals surface area contributed by atoms with Crippen molar-refractivity contribution in [1.29, 1.82) is 0 Å². The summed E-state index contributed by atoms with van der Waals surface area (Å²) in [5.41, 5.74) is 1.84. The van der Waals surface area contributed by atoms with Gasteiger partial charge in [-0.15, -0.1) is 0 Å². The van der Waals surface area contributed by atoms with Crippen LogP contribution >= 0.6 is 28.4 Å². The molecule has 1 rings (SSSR count). The standard InChI is InChI=1S/C5H8IN2OP.C2H6/c1-4-2-8(10-6)7-5(4)3-9;1-2/h2,9-10H,3H2,1H3;1-2H3. The molecular formula is C7H14IN2OP. The quantitative estimate of drug-likeness (QED) is 0.673. The third-order valence-corrected chi connectivity index (χ3v) is 3.12. The number of aliphatic hydroxyl groups is 1. The van der Waals surface area contributed by atoms with Gasteiger partial charge in [-0.05, 0) is 34.5 Å². The minimum absolute atomic E-state index is 0.0416. The van der Waals surface area contributed by atoms with Crippen LogP contribution in [0.2, 0.25) is 0 Å². The second-order valence-electron chi connectivity index (χ2n) is 1.95. The largest absolute Gasteiger partial charge is 0.390 e. The summed E-state index contributed by atoms with van der Waals surface area (Å²) in [6.07, 6.45) is 2.56. The van der Waals surface area contributed by atoms with Crippen molar-refractivity contribution >= 4 is 28.4 Å². The van der Waals surface area contributed by atoms with Crippen LogP contribution in [0.15, 0.2) is 6.20 Å². The topological polar surface area (TPSA) is 38.0 Å². The van der Waals surface area contributed by atoms with Gasteiger partial charge in [0, 0.05) is 6.20 Å². The Bertz CT molecular complexity index is 227. The summed E-state index contributed by atoms with van der Waals surface area (Å²) < 4.78 is 1.83. The van der Waals surface area contributed by atoms with E-state index in [0.717, 1.165) is 11.3 Å². The fourth-order valence-corrected chi connectivity index (χ4v) is 1.84. The van der Waals surface area contributed by atoms with Gasteiger partial charge in [-0.25, -0.2) is 4.45 Å². The minimum atomic E-state index is 0.0416. The molecule has 0 aliphatic carbocycles. The molecule has 0 aliphatic rings. The molecule has 0 amide bonds. The van der Waals surface area contributed by atoms with Crippen LogP contribution in [0, 0.1) is 6.92 Å². The van der Waals surface area contributed by atoms with Gasteiger partial charge >= 0.3 is 0 Å². The Kier molecular flexibility index (Phi) is 6.99. The van der Waals surface area contributed by atoms with Gasteiger partial charge in [0.25, 0.3) is 0 Å². The number of aromatic nitrogens is 2. The third-order valence-electron chi connectivity index (χ3n) is 1.24. The SMILES string of the molecule is CC.Cc1cn(PI)nc1CO. The van der Waals surface area contributed by atoms with Crippen molar-refractivity contribution in [3.63, 3.8) is 0 Å². The molecule has 0 spiro atoms. The molecule has 1 heterocycles. The first-order chi connectivity index (χ1) is 5.77. The fourth-order valence-electron chi connectivity index (χ4n) is 0.695. The molecule has 5 heteroatoms. The Morgan fingerprint density at radius 2 is 2.25 bits per heavy atom. The molecule has 1 aromatic rings. The van der Waals surface area contributed by atoms with Gasteiger partial charge in [0.05, 0.1) is 18.7 Å². The van der Waals surface area contributed by atoms with Gasteiger partial charge < -0.3 is 5.11 Å². The number of nitrogens with zero attached hydrogens (tertiary/aromatic N) is 2. The fraction of sp³-hybridized carbons (Fsp3) is 0.571. The molecule has 12 heavy (non-hydrogen) atoms. The molecule has 3 nitrogen and oxygen atoms in total. The Balaban J connectivity index is 0.000000561. The molecular weight excluding hydrogens is 286 g/mol. The Morgan fingerprint density at radius 3 is 2.50 bits per heavy atom. The molecule has 0 aromatic carbocycles. The summed E-state index contributed by atoms with van der Waals surface area (Å²) in [5.74, 6) is 0. The van der Waals surface area contributed by atoms with Gasteiger partial charge in [-0.2, -0.15) is 5.10 Å². The monoisotopic (exact) mass is 300 g/mol. The van der Waals surface area contributed by atoms with E-state index in [2.05, 4.69) is 27.1 Å². The zero-order valence-corrected chi connectivity index (χ0v) is 10.7. The molecule has 0 aliphatic heterocycles. The first-order valence-electron chi connectivity index (χ1n) is 3.80. The van der Waals surface area contributed by atoms with Crippen molar-refractivity contribution in [3.05, 3.63) is 17.5 Å². The van der Waals surface area contributed by atoms with Crippen molar-refractivity contribution in [1.82, 2.24) is 9.55 Å². The molecule has 0 bridgehead atoms. The van der Waals surface area contributed by atoms with Crippen molar-refractivity contribution < 1.29 is 5.11 Å². The Morgan fingerprint density at radius 1 is 1.67 bits per heavy atom. The van der Waals surface area contributed by atoms with Gasteiger partial charge in [0.2, 0.25) is 0 Å². The smallest absolute Gasteiger partial charge is 0.0911 e. The Labute approximate surface area is 87.9 Å². The molecule has 1 atom stereocenters. The lowest BCUT2D eigenvalue weighted by atomic mass is 10.3. The summed E-state index contributed by atoms with van der Waals surface area (Å²) in [5, 5.41) is 12.9. The number of hydrogen-bond donors (Lipinski definition) is 1. The summed E-state index contributed by atoms with van der Waals surface area (Å²) >= 11 is 2.25. The highest BCUT2D eigenvalue weighted by atomic mass is 127. The van der Waals surface area contributed by atoms with E-state index in [9.17, 15) is 0 Å². The molecule has 0 saturated heterocycles. The first kappa shape index (κ1) is 12.3. The van der Waals surface area contributed by atoms with Gasteiger partial charge in [0.1, 0.15) is 0 Å². The van der Waals surface area contributed by atoms with E-state index in [1.165, 1.54) is 0 Å². The van der Waals surface area contributed by atoms with Gasteiger partial charge in [-0.1, -0.05) is 13.8 Å². The second-order valence-corrected chi connectivity index (χ2v) is 4.02. The van der Waals surface area contributed by atoms with E-state index in [1.54, 1.807) is 0 Å². The summed E-state index contributed by atoms with van der Waals surface area (Å²) in [6.45, 7) is 5.99. The van der Waals surface area contributed by atoms with Crippen molar-refractivity contribution in [2.75, 3.05) is 0 Å². The van der Waals surface area contributed by atoms with Crippen LogP contribution in [0.4, 0.5) is 0 Å². The predicted molar refractivity (Wildman–Crippen MR) is 62.0 cm³/mol. The number of hydrogen-bond acceptors (Lipinski definition) is 2. The second kappa shape index (κ2) is 6.80. The van der Waals surface area contributed by atoms with Gasteiger partial charge in [0.15, 0.2) is 0 Å². The lowest BCUT2D eigenvalue weighted by Crippen LogP contribution is -1.87. The van der Waals surface area contributed by atoms with Crippen LogP contribution < -0.4 is 0 Å². The predicted octanol–water partition coefficient (Wildman–Crippen LogP) is 2.50. The average molecular weight is 300 g/mol. The van der Waals surface area contributed by atoms with Crippen LogP contribution in [-0.4, -0.2) is 14.7 Å². The summed E-state index contributed by atoms with van der Waals surface area (Å²) in [4.78, 5) is 0. The first-order valence-corrected chi connectivity index (χ1v) is 7.86. The highest BCUT2D eigenvalue weighted by Gasteiger charge is 2.00. The van der Waals surface area contributed by atoms with Gasteiger partial charge in [-0.3, -0.25) is 0 Å². The molecule has 0 radical (unpaired) electrons. The van der Waals surface area contributed by atoms with E-state index in [-0.39, 0.29) is 6.61 Å². The van der Waals surface area contributed by atoms with E-state index in [0.29, 0.717) is 6.37 Å². The molecule has 0 fully saturated rings. The van der Waals surface area contributed by atoms with Crippen molar-refractivity contribution in [2.45, 2.75) is 27.4 Å². The molecule has 1 unspecified atom stereocenters. The van der Waals surface area contributed by atoms with Crippen LogP contribution in [0.3, 0.4) is 0 Å². The van der Waals surface area contributed by atoms with Crippen LogP contribution in [0.25, 0.3) is 0 Å². The van der Waals surface area contributed by atoms with Crippen molar-refractivity contribution in [2.24, 2.45) is 0 Å². The van der Waals surface area contributed by atoms with E-state index in [4.69, 9.17) is 5.11 Å². The third kappa shape index (κ3) is 3.37. The lowest BCUT2D eigenvalue weighted by molar-refractivity contribution is 0.275. The van der Waals surface area contributed by atoms with Crippen LogP contribution in [0.5, 0.6) is 0 Å². The maximum absolute atomic E-state index is 8.75. The minimum Gasteiger partial charge on any atom is -0.390 e. The molecule has 70 valence electrons. The number of rotatable bonds is 2. The van der Waals surface area contributed by atoms with E-state index in [1.807, 2.05) is 31.4 Å².